The molecular weight excluding hydrogens is 484 g/mol. The molecule has 0 radical (unpaired) electrons. The molecule has 5 rings (SSSR count). The number of aliphatic imine (C=N–C) groups is 2. The molecule has 0 unspecified atom stereocenters. The van der Waals surface area contributed by atoms with Crippen molar-refractivity contribution in [3.8, 4) is 0 Å². The summed E-state index contributed by atoms with van der Waals surface area (Å²) in [5, 5.41) is 4.20. The van der Waals surface area contributed by atoms with Gasteiger partial charge in [-0.25, -0.2) is 0 Å². The van der Waals surface area contributed by atoms with E-state index in [2.05, 4.69) is 15.1 Å². The molecule has 2 saturated heterocycles. The molecular formula is C28H32N6O4. The predicted molar refractivity (Wildman–Crippen MR) is 144 cm³/mol. The maximum atomic E-state index is 12.8. The van der Waals surface area contributed by atoms with Gasteiger partial charge in [0.1, 0.15) is 0 Å². The van der Waals surface area contributed by atoms with Crippen molar-refractivity contribution in [2.45, 2.75) is 12.8 Å². The first-order chi connectivity index (χ1) is 18.7. The Morgan fingerprint density at radius 2 is 1.53 bits per heavy atom. The first-order valence-electron chi connectivity index (χ1n) is 12.9. The minimum Gasteiger partial charge on any atom is -0.378 e. The second-order valence-electron chi connectivity index (χ2n) is 9.13. The van der Waals surface area contributed by atoms with Crippen molar-refractivity contribution in [1.29, 1.82) is 0 Å². The third kappa shape index (κ3) is 6.64. The van der Waals surface area contributed by atoms with E-state index in [0.29, 0.717) is 94.4 Å². The molecule has 198 valence electrons. The number of nitrogens with two attached hydrogens (primary N) is 1. The van der Waals surface area contributed by atoms with Crippen LogP contribution in [0.3, 0.4) is 0 Å². The number of rotatable bonds is 6. The van der Waals surface area contributed by atoms with Crippen molar-refractivity contribution in [3.63, 3.8) is 0 Å². The van der Waals surface area contributed by atoms with E-state index in [1.165, 1.54) is 0 Å². The van der Waals surface area contributed by atoms with Gasteiger partial charge in [0.25, 0.3) is 5.88 Å². The fourth-order valence-electron chi connectivity index (χ4n) is 4.36. The van der Waals surface area contributed by atoms with Crippen LogP contribution in [-0.2, 0) is 22.3 Å². The Bertz CT molecular complexity index is 1280. The zero-order valence-corrected chi connectivity index (χ0v) is 21.3. The first-order valence-corrected chi connectivity index (χ1v) is 12.9. The summed E-state index contributed by atoms with van der Waals surface area (Å²) >= 11 is 0. The molecule has 0 bridgehead atoms. The quantitative estimate of drug-likeness (QED) is 0.302. The Balaban J connectivity index is 1.27. The van der Waals surface area contributed by atoms with E-state index in [9.17, 15) is 4.79 Å². The lowest BCUT2D eigenvalue weighted by Gasteiger charge is -2.30. The fourth-order valence-corrected chi connectivity index (χ4v) is 4.36. The number of ether oxygens (including phenoxy) is 2. The van der Waals surface area contributed by atoms with Gasteiger partial charge in [0.2, 0.25) is 5.96 Å². The number of morpholine rings is 2. The predicted octanol–water partition coefficient (Wildman–Crippen LogP) is 2.66. The zero-order chi connectivity index (χ0) is 26.2. The highest BCUT2D eigenvalue weighted by atomic mass is 16.5. The Labute approximate surface area is 221 Å². The highest BCUT2D eigenvalue weighted by molar-refractivity contribution is 6.09. The number of nitrogens with zero attached hydrogens (tertiary/aromatic N) is 5. The first kappa shape index (κ1) is 25.6. The summed E-state index contributed by atoms with van der Waals surface area (Å²) in [6, 6.07) is 18.8. The van der Waals surface area contributed by atoms with E-state index in [0.717, 1.165) is 11.3 Å². The van der Waals surface area contributed by atoms with Crippen LogP contribution >= 0.6 is 0 Å². The van der Waals surface area contributed by atoms with Crippen LogP contribution in [0.4, 0.5) is 5.88 Å². The molecule has 3 heterocycles. The number of hydrogen-bond donors (Lipinski definition) is 1. The molecule has 2 fully saturated rings. The molecule has 10 nitrogen and oxygen atoms in total. The average molecular weight is 517 g/mol. The molecule has 1 aromatic heterocycles. The summed E-state index contributed by atoms with van der Waals surface area (Å²) < 4.78 is 16.4. The summed E-state index contributed by atoms with van der Waals surface area (Å²) in [4.78, 5) is 26.1. The summed E-state index contributed by atoms with van der Waals surface area (Å²) in [7, 11) is 0. The maximum absolute atomic E-state index is 12.8. The minimum absolute atomic E-state index is 0.0121. The highest BCUT2D eigenvalue weighted by Crippen LogP contribution is 2.19. The average Bonchev–Trinajstić information content (AvgIpc) is 3.44. The molecule has 0 spiro atoms. The minimum atomic E-state index is 0.0121. The normalized spacial score (nSPS) is 17.1. The summed E-state index contributed by atoms with van der Waals surface area (Å²) in [6.07, 6.45) is 1.36. The van der Waals surface area contributed by atoms with E-state index in [1.54, 1.807) is 0 Å². The fraction of sp³-hybridized carbons (Fsp3) is 0.357. The smallest absolute Gasteiger partial charge is 0.253 e. The molecule has 0 aliphatic carbocycles. The van der Waals surface area contributed by atoms with Gasteiger partial charge in [0.15, 0.2) is 11.7 Å². The largest absolute Gasteiger partial charge is 0.378 e. The lowest BCUT2D eigenvalue weighted by molar-refractivity contribution is 0.0657. The van der Waals surface area contributed by atoms with E-state index in [4.69, 9.17) is 19.7 Å². The van der Waals surface area contributed by atoms with E-state index < -0.39 is 0 Å². The molecule has 0 amide bonds. The molecule has 2 aromatic carbocycles. The zero-order valence-electron chi connectivity index (χ0n) is 21.3. The second-order valence-corrected chi connectivity index (χ2v) is 9.13. The molecule has 2 N–H and O–H groups in total. The summed E-state index contributed by atoms with van der Waals surface area (Å²) in [5.74, 6) is 1.27. The third-order valence-corrected chi connectivity index (χ3v) is 6.50. The van der Waals surface area contributed by atoms with Gasteiger partial charge in [-0.1, -0.05) is 53.7 Å². The molecule has 3 aromatic rings. The van der Waals surface area contributed by atoms with Crippen LogP contribution in [-0.4, -0.2) is 85.3 Å². The van der Waals surface area contributed by atoms with E-state index in [-0.39, 0.29) is 5.78 Å². The van der Waals surface area contributed by atoms with Gasteiger partial charge in [0.05, 0.1) is 32.1 Å². The van der Waals surface area contributed by atoms with Crippen LogP contribution in [0.1, 0.15) is 27.2 Å². The molecule has 2 aliphatic rings. The SMILES string of the molecule is NC(=NC(=Nc1cc(CCc2cccc(C(=O)c3ccccc3)c2)no1)N1CCOCC1)N1CCOCC1. The maximum Gasteiger partial charge on any atom is 0.253 e. The molecule has 10 heteroatoms. The van der Waals surface area contributed by atoms with Crippen LogP contribution in [0.5, 0.6) is 0 Å². The van der Waals surface area contributed by atoms with Crippen LogP contribution < -0.4 is 5.73 Å². The molecule has 0 saturated carbocycles. The standard InChI is InChI=1S/C28H32N6O4/c29-27(33-11-15-36-16-12-33)31-28(34-13-17-37-18-14-34)30-25-20-24(32-38-25)10-9-21-5-4-8-23(19-21)26(35)22-6-2-1-3-7-22/h1-8,19-20H,9-18H2,(H2,29,30,31). The van der Waals surface area contributed by atoms with Crippen molar-refractivity contribution < 1.29 is 18.8 Å². The van der Waals surface area contributed by atoms with Crippen molar-refractivity contribution >= 4 is 23.6 Å². The Morgan fingerprint density at radius 3 is 2.26 bits per heavy atom. The number of carbonyl (C=O) groups is 1. The number of aryl methyl sites for hydroxylation is 2. The monoisotopic (exact) mass is 516 g/mol. The topological polar surface area (TPSA) is 119 Å². The van der Waals surface area contributed by atoms with Crippen molar-refractivity contribution in [3.05, 3.63) is 83.0 Å². The van der Waals surface area contributed by atoms with Gasteiger partial charge >= 0.3 is 0 Å². The molecule has 0 atom stereocenters. The van der Waals surface area contributed by atoms with Crippen molar-refractivity contribution in [2.75, 3.05) is 52.6 Å². The number of aromatic nitrogens is 1. The van der Waals surface area contributed by atoms with Crippen molar-refractivity contribution in [1.82, 2.24) is 15.0 Å². The lowest BCUT2D eigenvalue weighted by atomic mass is 9.99. The van der Waals surface area contributed by atoms with Gasteiger partial charge in [-0.3, -0.25) is 4.79 Å². The van der Waals surface area contributed by atoms with Crippen molar-refractivity contribution in [2.24, 2.45) is 15.7 Å². The van der Waals surface area contributed by atoms with Gasteiger partial charge in [0, 0.05) is 43.4 Å². The number of benzene rings is 2. The second kappa shape index (κ2) is 12.5. The number of hydrogen-bond acceptors (Lipinski definition) is 6. The number of carbonyl (C=O) groups excluding carboxylic acids is 1. The van der Waals surface area contributed by atoms with Gasteiger partial charge in [-0.15, -0.1) is 0 Å². The summed E-state index contributed by atoms with van der Waals surface area (Å²) in [6.45, 7) is 5.14. The molecule has 2 aliphatic heterocycles. The summed E-state index contributed by atoms with van der Waals surface area (Å²) in [5.41, 5.74) is 9.48. The number of ketones is 1. The highest BCUT2D eigenvalue weighted by Gasteiger charge is 2.19. The van der Waals surface area contributed by atoms with Gasteiger partial charge in [-0.05, 0) is 24.5 Å². The van der Waals surface area contributed by atoms with E-state index in [1.807, 2.05) is 70.5 Å². The Morgan fingerprint density at radius 1 is 0.842 bits per heavy atom. The Kier molecular flexibility index (Phi) is 8.42. The third-order valence-electron chi connectivity index (χ3n) is 6.50. The number of guanidine groups is 2. The van der Waals surface area contributed by atoms with Gasteiger partial charge < -0.3 is 29.5 Å². The van der Waals surface area contributed by atoms with Gasteiger partial charge in [-0.2, -0.15) is 9.98 Å². The van der Waals surface area contributed by atoms with Crippen LogP contribution in [0, 0.1) is 0 Å². The van der Waals surface area contributed by atoms with Crippen LogP contribution in [0.15, 0.2) is 75.2 Å². The van der Waals surface area contributed by atoms with E-state index >= 15 is 0 Å². The molecule has 38 heavy (non-hydrogen) atoms. The Hall–Kier alpha value is -4.02. The van der Waals surface area contributed by atoms with Crippen LogP contribution in [0.25, 0.3) is 0 Å². The van der Waals surface area contributed by atoms with Crippen LogP contribution in [0.2, 0.25) is 0 Å². The lowest BCUT2D eigenvalue weighted by Crippen LogP contribution is -2.47.